The van der Waals surface area contributed by atoms with Crippen LogP contribution in [0.5, 0.6) is 0 Å². The van der Waals surface area contributed by atoms with Crippen LogP contribution < -0.4 is 0 Å². The molecule has 0 aliphatic carbocycles. The molecule has 1 N–H and O–H groups in total. The van der Waals surface area contributed by atoms with Gasteiger partial charge >= 0.3 is 0 Å². The summed E-state index contributed by atoms with van der Waals surface area (Å²) in [4.78, 5) is 0. The Morgan fingerprint density at radius 1 is 1.86 bits per heavy atom. The van der Waals surface area contributed by atoms with E-state index in [4.69, 9.17) is 5.41 Å². The van der Waals surface area contributed by atoms with Gasteiger partial charge in [-0.2, -0.15) is 0 Å². The maximum atomic E-state index is 6.96. The molecule has 1 nitrogen and oxygen atoms in total. The Hall–Kier alpha value is 0.140. The van der Waals surface area contributed by atoms with Gasteiger partial charge in [-0.3, -0.25) is 0 Å². The minimum Gasteiger partial charge on any atom is -0.310 e. The second-order valence-electron chi connectivity index (χ2n) is 1.47. The number of hydrogen-bond donors (Lipinski definition) is 1. The van der Waals surface area contributed by atoms with Gasteiger partial charge in [-0.05, 0) is 33.1 Å². The van der Waals surface area contributed by atoms with Crippen LogP contribution in [-0.4, -0.2) is 5.71 Å². The van der Waals surface area contributed by atoms with Gasteiger partial charge in [0.05, 0.1) is 0 Å². The fourth-order valence-electron chi connectivity index (χ4n) is 0.288. The monoisotopic (exact) mass is 209 g/mol. The third-order valence-corrected chi connectivity index (χ3v) is 0.838. The van der Waals surface area contributed by atoms with E-state index in [1.54, 1.807) is 6.92 Å². The van der Waals surface area contributed by atoms with Crippen molar-refractivity contribution in [2.24, 2.45) is 0 Å². The number of halogens is 1. The zero-order valence-electron chi connectivity index (χ0n) is 4.29. The summed E-state index contributed by atoms with van der Waals surface area (Å²) >= 11 is 2.12. The van der Waals surface area contributed by atoms with Gasteiger partial charge in [0.2, 0.25) is 0 Å². The zero-order valence-corrected chi connectivity index (χ0v) is 6.45. The summed E-state index contributed by atoms with van der Waals surface area (Å²) in [7, 11) is 0. The molecule has 0 saturated carbocycles. The molecule has 2 heteroatoms. The largest absolute Gasteiger partial charge is 0.310 e. The summed E-state index contributed by atoms with van der Waals surface area (Å²) in [5.74, 6) is 0. The molecular weight excluding hydrogens is 201 g/mol. The summed E-state index contributed by atoms with van der Waals surface area (Å²) in [5, 5.41) is 6.96. The standard InChI is InChI=1S/C5H8IN/c1-4(6)3-5(2)7/h7H,1,3H2,2H3. The average molecular weight is 209 g/mol. The van der Waals surface area contributed by atoms with Gasteiger partial charge < -0.3 is 5.41 Å². The first kappa shape index (κ1) is 7.14. The van der Waals surface area contributed by atoms with Crippen LogP contribution in [0.2, 0.25) is 0 Å². The SMILES string of the molecule is C=C(I)CC(C)=N. The Balaban J connectivity index is 3.32. The molecule has 0 amide bonds. The fourth-order valence-corrected chi connectivity index (χ4v) is 0.860. The summed E-state index contributed by atoms with van der Waals surface area (Å²) in [6.45, 7) is 5.42. The van der Waals surface area contributed by atoms with Crippen LogP contribution in [0.1, 0.15) is 13.3 Å². The predicted octanol–water partition coefficient (Wildman–Crippen LogP) is 2.36. The van der Waals surface area contributed by atoms with Crippen LogP contribution in [-0.2, 0) is 0 Å². The molecule has 0 rings (SSSR count). The van der Waals surface area contributed by atoms with Crippen LogP contribution in [0.15, 0.2) is 10.2 Å². The van der Waals surface area contributed by atoms with Gasteiger partial charge in [-0.1, -0.05) is 6.58 Å². The Bertz CT molecular complexity index is 84.3. The highest BCUT2D eigenvalue weighted by Gasteiger charge is 1.86. The highest BCUT2D eigenvalue weighted by atomic mass is 127. The molecule has 0 atom stereocenters. The van der Waals surface area contributed by atoms with Crippen LogP contribution in [0, 0.1) is 5.41 Å². The number of allylic oxidation sites excluding steroid dienone is 1. The molecule has 0 radical (unpaired) electrons. The normalized spacial score (nSPS) is 8.29. The molecule has 7 heavy (non-hydrogen) atoms. The zero-order chi connectivity index (χ0) is 5.86. The van der Waals surface area contributed by atoms with Crippen molar-refractivity contribution >= 4 is 28.3 Å². The van der Waals surface area contributed by atoms with E-state index in [1.165, 1.54) is 0 Å². The number of hydrogen-bond acceptors (Lipinski definition) is 1. The molecule has 0 aliphatic rings. The smallest absolute Gasteiger partial charge is 0.0151 e. The minimum absolute atomic E-state index is 0.680. The van der Waals surface area contributed by atoms with Crippen molar-refractivity contribution in [3.8, 4) is 0 Å². The van der Waals surface area contributed by atoms with E-state index in [2.05, 4.69) is 29.2 Å². The molecular formula is C5H8IN. The Labute approximate surface area is 57.5 Å². The summed E-state index contributed by atoms with van der Waals surface area (Å²) in [6.07, 6.45) is 0.737. The molecule has 0 unspecified atom stereocenters. The van der Waals surface area contributed by atoms with E-state index in [9.17, 15) is 0 Å². The van der Waals surface area contributed by atoms with E-state index in [1.807, 2.05) is 0 Å². The first-order chi connectivity index (χ1) is 3.13. The van der Waals surface area contributed by atoms with E-state index in [-0.39, 0.29) is 0 Å². The maximum absolute atomic E-state index is 6.96. The van der Waals surface area contributed by atoms with Gasteiger partial charge in [0.1, 0.15) is 0 Å². The second-order valence-corrected chi connectivity index (χ2v) is 3.00. The Kier molecular flexibility index (Phi) is 3.25. The first-order valence-electron chi connectivity index (χ1n) is 2.00. The Morgan fingerprint density at radius 2 is 2.29 bits per heavy atom. The Morgan fingerprint density at radius 3 is 2.29 bits per heavy atom. The predicted molar refractivity (Wildman–Crippen MR) is 41.2 cm³/mol. The van der Waals surface area contributed by atoms with E-state index >= 15 is 0 Å². The van der Waals surface area contributed by atoms with E-state index < -0.39 is 0 Å². The third-order valence-electron chi connectivity index (χ3n) is 0.457. The fraction of sp³-hybridized carbons (Fsp3) is 0.400. The molecule has 0 aliphatic heterocycles. The van der Waals surface area contributed by atoms with Gasteiger partial charge in [0.15, 0.2) is 0 Å². The van der Waals surface area contributed by atoms with Crippen molar-refractivity contribution < 1.29 is 0 Å². The van der Waals surface area contributed by atoms with Crippen LogP contribution in [0.4, 0.5) is 0 Å². The van der Waals surface area contributed by atoms with Crippen LogP contribution in [0.25, 0.3) is 0 Å². The molecule has 0 fully saturated rings. The van der Waals surface area contributed by atoms with Gasteiger partial charge in [0.25, 0.3) is 0 Å². The molecule has 0 spiro atoms. The van der Waals surface area contributed by atoms with E-state index in [0.717, 1.165) is 10.0 Å². The van der Waals surface area contributed by atoms with Crippen LogP contribution >= 0.6 is 22.6 Å². The van der Waals surface area contributed by atoms with E-state index in [0.29, 0.717) is 5.71 Å². The van der Waals surface area contributed by atoms with Gasteiger partial charge in [-0.15, -0.1) is 0 Å². The summed E-state index contributed by atoms with van der Waals surface area (Å²) in [6, 6.07) is 0. The molecule has 0 bridgehead atoms. The number of rotatable bonds is 2. The lowest BCUT2D eigenvalue weighted by atomic mass is 10.3. The lowest BCUT2D eigenvalue weighted by molar-refractivity contribution is 1.34. The molecule has 40 valence electrons. The average Bonchev–Trinajstić information content (AvgIpc) is 1.27. The quantitative estimate of drug-likeness (QED) is 0.533. The highest BCUT2D eigenvalue weighted by molar-refractivity contribution is 14.1. The van der Waals surface area contributed by atoms with Crippen molar-refractivity contribution in [3.63, 3.8) is 0 Å². The lowest BCUT2D eigenvalue weighted by Gasteiger charge is -1.89. The highest BCUT2D eigenvalue weighted by Crippen LogP contribution is 2.06. The van der Waals surface area contributed by atoms with Crippen molar-refractivity contribution in [2.45, 2.75) is 13.3 Å². The van der Waals surface area contributed by atoms with Crippen molar-refractivity contribution in [2.75, 3.05) is 0 Å². The summed E-state index contributed by atoms with van der Waals surface area (Å²) in [5.41, 5.74) is 0.680. The molecule has 0 aromatic carbocycles. The lowest BCUT2D eigenvalue weighted by Crippen LogP contribution is -1.84. The second kappa shape index (κ2) is 3.18. The van der Waals surface area contributed by atoms with Gasteiger partial charge in [-0.25, -0.2) is 0 Å². The third kappa shape index (κ3) is 6.14. The topological polar surface area (TPSA) is 23.9 Å². The molecule has 0 aromatic heterocycles. The number of nitrogens with one attached hydrogen (secondary N) is 1. The van der Waals surface area contributed by atoms with Crippen molar-refractivity contribution in [1.82, 2.24) is 0 Å². The molecule has 0 heterocycles. The summed E-state index contributed by atoms with van der Waals surface area (Å²) < 4.78 is 1.03. The van der Waals surface area contributed by atoms with Gasteiger partial charge in [0, 0.05) is 12.1 Å². The minimum atomic E-state index is 0.680. The maximum Gasteiger partial charge on any atom is 0.0151 e. The molecule has 0 aromatic rings. The van der Waals surface area contributed by atoms with Crippen LogP contribution in [0.3, 0.4) is 0 Å². The van der Waals surface area contributed by atoms with Crippen molar-refractivity contribution in [3.05, 3.63) is 10.2 Å². The first-order valence-corrected chi connectivity index (χ1v) is 3.08. The molecule has 0 saturated heterocycles. The van der Waals surface area contributed by atoms with Crippen molar-refractivity contribution in [1.29, 1.82) is 5.41 Å².